The monoisotopic (exact) mass is 710 g/mol. The predicted octanol–water partition coefficient (Wildman–Crippen LogP) is 6.27. The lowest BCUT2D eigenvalue weighted by Gasteiger charge is -2.17. The van der Waals surface area contributed by atoms with Crippen LogP contribution >= 0.6 is 11.6 Å². The van der Waals surface area contributed by atoms with Gasteiger partial charge in [-0.3, -0.25) is 19.7 Å². The Hall–Kier alpha value is -5.22. The van der Waals surface area contributed by atoms with Crippen LogP contribution in [0.25, 0.3) is 10.9 Å². The number of pyridine rings is 2. The number of rotatable bonds is 14. The van der Waals surface area contributed by atoms with E-state index >= 15 is 0 Å². The number of esters is 1. The van der Waals surface area contributed by atoms with Crippen LogP contribution in [0.2, 0.25) is 5.02 Å². The summed E-state index contributed by atoms with van der Waals surface area (Å²) >= 11 is 6.58. The molecule has 1 unspecified atom stereocenters. The average Bonchev–Trinajstić information content (AvgIpc) is 3.70. The van der Waals surface area contributed by atoms with E-state index in [0.717, 1.165) is 31.6 Å². The van der Waals surface area contributed by atoms with Crippen molar-refractivity contribution in [2.75, 3.05) is 50.6 Å². The van der Waals surface area contributed by atoms with E-state index < -0.39 is 0 Å². The topological polar surface area (TPSA) is 148 Å². The summed E-state index contributed by atoms with van der Waals surface area (Å²) in [5, 5.41) is 17.3. The van der Waals surface area contributed by atoms with Gasteiger partial charge in [0.05, 0.1) is 53.0 Å². The zero-order valence-corrected chi connectivity index (χ0v) is 29.2. The second-order valence-electron chi connectivity index (χ2n) is 12.4. The SMILES string of the molecule is CCOc1cc2ncc(C#N)c(Nc3ccc(OCc4ccccn4)c(Cl)c3)c2cc1NC(=O)/C=C/CN1C[C@H]2CC(OCC(=O)OC)C[C@H]2C1. The average molecular weight is 711 g/mol. The number of carbonyl (C=O) groups is 2. The first-order valence-electron chi connectivity index (χ1n) is 16.8. The molecule has 1 saturated heterocycles. The Morgan fingerprint density at radius 3 is 2.61 bits per heavy atom. The molecular weight excluding hydrogens is 672 g/mol. The molecule has 0 spiro atoms. The molecule has 1 saturated carbocycles. The number of benzene rings is 2. The molecule has 1 aliphatic carbocycles. The van der Waals surface area contributed by atoms with Crippen molar-refractivity contribution >= 4 is 51.4 Å². The van der Waals surface area contributed by atoms with Crippen LogP contribution in [0.4, 0.5) is 17.1 Å². The Morgan fingerprint density at radius 1 is 1.08 bits per heavy atom. The van der Waals surface area contributed by atoms with Crippen molar-refractivity contribution in [1.82, 2.24) is 14.9 Å². The minimum Gasteiger partial charge on any atom is -0.492 e. The largest absolute Gasteiger partial charge is 0.492 e. The molecule has 0 bridgehead atoms. The maximum absolute atomic E-state index is 13.1. The van der Waals surface area contributed by atoms with Gasteiger partial charge in [0.25, 0.3) is 0 Å². The molecule has 2 aromatic heterocycles. The van der Waals surface area contributed by atoms with Gasteiger partial charge in [0.2, 0.25) is 5.91 Å². The van der Waals surface area contributed by atoms with E-state index in [9.17, 15) is 14.9 Å². The maximum atomic E-state index is 13.1. The highest BCUT2D eigenvalue weighted by Crippen LogP contribution is 2.40. The van der Waals surface area contributed by atoms with Crippen LogP contribution in [0.3, 0.4) is 0 Å². The lowest BCUT2D eigenvalue weighted by Crippen LogP contribution is -2.25. The summed E-state index contributed by atoms with van der Waals surface area (Å²) in [6.45, 7) is 4.98. The number of halogens is 1. The Bertz CT molecular complexity index is 1940. The third kappa shape index (κ3) is 8.93. The van der Waals surface area contributed by atoms with Gasteiger partial charge in [0.15, 0.2) is 0 Å². The number of nitrogens with zero attached hydrogens (tertiary/aromatic N) is 4. The van der Waals surface area contributed by atoms with Crippen molar-refractivity contribution in [3.63, 3.8) is 0 Å². The van der Waals surface area contributed by atoms with E-state index in [4.69, 9.17) is 25.8 Å². The van der Waals surface area contributed by atoms with Crippen LogP contribution in [0.5, 0.6) is 11.5 Å². The maximum Gasteiger partial charge on any atom is 0.331 e. The number of hydrogen-bond donors (Lipinski definition) is 2. The molecule has 6 rings (SSSR count). The molecule has 1 amide bonds. The Kier molecular flexibility index (Phi) is 11.6. The van der Waals surface area contributed by atoms with Gasteiger partial charge in [-0.25, -0.2) is 4.79 Å². The van der Waals surface area contributed by atoms with Gasteiger partial charge in [0.1, 0.15) is 30.8 Å². The van der Waals surface area contributed by atoms with Crippen molar-refractivity contribution in [1.29, 1.82) is 5.26 Å². The molecule has 2 N–H and O–H groups in total. The number of amides is 1. The summed E-state index contributed by atoms with van der Waals surface area (Å²) in [7, 11) is 1.36. The second-order valence-corrected chi connectivity index (χ2v) is 12.9. The molecule has 13 heteroatoms. The number of carbonyl (C=O) groups excluding carboxylic acids is 2. The predicted molar refractivity (Wildman–Crippen MR) is 193 cm³/mol. The number of nitriles is 1. The standard InChI is InChI=1S/C38H39ClN6O6/c1-3-49-35-17-32-30(16-33(35)44-36(46)8-6-12-45-20-24-13-29(14-25(24)21-45)50-23-37(47)48-2)38(26(18-40)19-42-32)43-27-9-10-34(31(39)15-27)51-22-28-7-4-5-11-41-28/h4-11,15-17,19,24-25,29H,3,12-14,20-23H2,1-2H3,(H,42,43)(H,44,46)/b8-6+/t24-,25+,29?. The van der Waals surface area contributed by atoms with Crippen LogP contribution in [-0.2, 0) is 25.7 Å². The molecular formula is C38H39ClN6O6. The third-order valence-corrected chi connectivity index (χ3v) is 9.33. The highest BCUT2D eigenvalue weighted by molar-refractivity contribution is 6.32. The van der Waals surface area contributed by atoms with E-state index in [1.54, 1.807) is 36.5 Å². The van der Waals surface area contributed by atoms with E-state index in [1.807, 2.05) is 31.2 Å². The lowest BCUT2D eigenvalue weighted by atomic mass is 10.0. The molecule has 3 heterocycles. The number of anilines is 3. The quantitative estimate of drug-likeness (QED) is 0.113. The smallest absolute Gasteiger partial charge is 0.331 e. The molecule has 264 valence electrons. The molecule has 4 aromatic rings. The Labute approximate surface area is 301 Å². The molecule has 2 fully saturated rings. The van der Waals surface area contributed by atoms with Gasteiger partial charge in [-0.1, -0.05) is 23.7 Å². The van der Waals surface area contributed by atoms with Crippen molar-refractivity contribution in [3.05, 3.63) is 89.4 Å². The summed E-state index contributed by atoms with van der Waals surface area (Å²) in [5.41, 5.74) is 3.25. The zero-order chi connectivity index (χ0) is 35.7. The minimum absolute atomic E-state index is 0.00892. The first kappa shape index (κ1) is 35.6. The molecule has 2 aromatic carbocycles. The number of aromatic nitrogens is 2. The van der Waals surface area contributed by atoms with E-state index in [1.165, 1.54) is 19.4 Å². The van der Waals surface area contributed by atoms with Crippen molar-refractivity contribution in [2.24, 2.45) is 11.8 Å². The fourth-order valence-electron chi connectivity index (χ4n) is 6.64. The molecule has 12 nitrogen and oxygen atoms in total. The van der Waals surface area contributed by atoms with Crippen molar-refractivity contribution < 1.29 is 28.5 Å². The van der Waals surface area contributed by atoms with E-state index in [-0.39, 0.29) is 31.2 Å². The van der Waals surface area contributed by atoms with E-state index in [2.05, 4.69) is 36.3 Å². The molecule has 3 atom stereocenters. The lowest BCUT2D eigenvalue weighted by molar-refractivity contribution is -0.148. The molecule has 2 aliphatic rings. The van der Waals surface area contributed by atoms with Crippen LogP contribution in [0.15, 0.2) is 73.1 Å². The number of hydrogen-bond acceptors (Lipinski definition) is 11. The number of fused-ring (bicyclic) bond motifs is 2. The number of nitrogens with one attached hydrogen (secondary N) is 2. The summed E-state index contributed by atoms with van der Waals surface area (Å²) in [6, 6.07) is 16.6. The summed E-state index contributed by atoms with van der Waals surface area (Å²) < 4.78 is 22.1. The van der Waals surface area contributed by atoms with Crippen LogP contribution in [-0.4, -0.2) is 72.8 Å². The number of likely N-dealkylation sites (tertiary alicyclic amines) is 1. The Morgan fingerprint density at radius 2 is 1.90 bits per heavy atom. The van der Waals surface area contributed by atoms with Gasteiger partial charge >= 0.3 is 5.97 Å². The molecule has 0 radical (unpaired) electrons. The highest BCUT2D eigenvalue weighted by atomic mass is 35.5. The van der Waals surface area contributed by atoms with Crippen molar-refractivity contribution in [3.8, 4) is 17.6 Å². The first-order valence-corrected chi connectivity index (χ1v) is 17.2. The van der Waals surface area contributed by atoms with Gasteiger partial charge in [-0.05, 0) is 68.0 Å². The molecule has 51 heavy (non-hydrogen) atoms. The van der Waals surface area contributed by atoms with Gasteiger partial charge in [-0.15, -0.1) is 0 Å². The summed E-state index contributed by atoms with van der Waals surface area (Å²) in [6.07, 6.45) is 8.51. The van der Waals surface area contributed by atoms with Crippen LogP contribution in [0.1, 0.15) is 31.0 Å². The second kappa shape index (κ2) is 16.7. The van der Waals surface area contributed by atoms with Gasteiger partial charge < -0.3 is 29.6 Å². The van der Waals surface area contributed by atoms with Crippen molar-refractivity contribution in [2.45, 2.75) is 32.5 Å². The molecule has 1 aliphatic heterocycles. The van der Waals surface area contributed by atoms with Crippen LogP contribution in [0, 0.1) is 23.2 Å². The number of ether oxygens (including phenoxy) is 4. The third-order valence-electron chi connectivity index (χ3n) is 9.03. The fraction of sp³-hybridized carbons (Fsp3) is 0.342. The summed E-state index contributed by atoms with van der Waals surface area (Å²) in [4.78, 5) is 35.6. The first-order chi connectivity index (χ1) is 24.8. The van der Waals surface area contributed by atoms with Crippen LogP contribution < -0.4 is 20.1 Å². The number of methoxy groups -OCH3 is 1. The minimum atomic E-state index is -0.356. The zero-order valence-electron chi connectivity index (χ0n) is 28.4. The fourth-order valence-corrected chi connectivity index (χ4v) is 6.88. The summed E-state index contributed by atoms with van der Waals surface area (Å²) in [5.74, 6) is 1.31. The highest BCUT2D eigenvalue weighted by Gasteiger charge is 2.41. The van der Waals surface area contributed by atoms with Gasteiger partial charge in [-0.2, -0.15) is 5.26 Å². The van der Waals surface area contributed by atoms with E-state index in [0.29, 0.717) is 75.0 Å². The Balaban J connectivity index is 1.12. The van der Waals surface area contributed by atoms with Gasteiger partial charge in [0, 0.05) is 55.2 Å². The normalized spacial score (nSPS) is 18.4.